The standard InChI is InChI=1S/C17H17ClFNO3/c1-10-4-6-13(18)15(8-10)23-11(2)17(21)20-14-7-5-12(19)9-16(14)22-3/h4-9,11H,1-3H3,(H,20,21). The molecular formula is C17H17ClFNO3. The Balaban J connectivity index is 2.10. The number of nitrogens with one attached hydrogen (secondary N) is 1. The van der Waals surface area contributed by atoms with Crippen LogP contribution < -0.4 is 14.8 Å². The Morgan fingerprint density at radius 2 is 1.96 bits per heavy atom. The first-order valence-corrected chi connectivity index (χ1v) is 7.35. The summed E-state index contributed by atoms with van der Waals surface area (Å²) in [5, 5.41) is 3.07. The molecule has 0 aliphatic rings. The van der Waals surface area contributed by atoms with Crippen molar-refractivity contribution in [3.05, 3.63) is 52.8 Å². The number of rotatable bonds is 5. The van der Waals surface area contributed by atoms with Gasteiger partial charge >= 0.3 is 0 Å². The summed E-state index contributed by atoms with van der Waals surface area (Å²) in [5.41, 5.74) is 1.34. The second-order valence-corrected chi connectivity index (χ2v) is 5.44. The quantitative estimate of drug-likeness (QED) is 0.889. The van der Waals surface area contributed by atoms with Crippen LogP contribution >= 0.6 is 11.6 Å². The fraction of sp³-hybridized carbons (Fsp3) is 0.235. The molecule has 1 N–H and O–H groups in total. The molecule has 6 heteroatoms. The molecule has 0 aromatic heterocycles. The number of amides is 1. The Kier molecular flexibility index (Phi) is 5.45. The Bertz CT molecular complexity index is 721. The summed E-state index contributed by atoms with van der Waals surface area (Å²) < 4.78 is 23.8. The summed E-state index contributed by atoms with van der Waals surface area (Å²) in [6, 6.07) is 9.17. The lowest BCUT2D eigenvalue weighted by Crippen LogP contribution is -2.30. The summed E-state index contributed by atoms with van der Waals surface area (Å²) in [5.74, 6) is -0.178. The van der Waals surface area contributed by atoms with Crippen molar-refractivity contribution in [3.63, 3.8) is 0 Å². The molecule has 0 saturated heterocycles. The minimum absolute atomic E-state index is 0.235. The molecule has 0 fully saturated rings. The molecule has 2 aromatic carbocycles. The van der Waals surface area contributed by atoms with Gasteiger partial charge in [0.2, 0.25) is 0 Å². The Morgan fingerprint density at radius 1 is 1.22 bits per heavy atom. The van der Waals surface area contributed by atoms with Crippen molar-refractivity contribution < 1.29 is 18.7 Å². The van der Waals surface area contributed by atoms with Gasteiger partial charge in [-0.2, -0.15) is 0 Å². The number of hydrogen-bond donors (Lipinski definition) is 1. The van der Waals surface area contributed by atoms with Crippen LogP contribution in [-0.4, -0.2) is 19.1 Å². The van der Waals surface area contributed by atoms with Crippen LogP contribution in [-0.2, 0) is 4.79 Å². The highest BCUT2D eigenvalue weighted by Gasteiger charge is 2.18. The number of aryl methyl sites for hydroxylation is 1. The summed E-state index contributed by atoms with van der Waals surface area (Å²) >= 11 is 6.05. The highest BCUT2D eigenvalue weighted by atomic mass is 35.5. The van der Waals surface area contributed by atoms with Gasteiger partial charge in [0.1, 0.15) is 17.3 Å². The minimum Gasteiger partial charge on any atom is -0.494 e. The fourth-order valence-corrected chi connectivity index (χ4v) is 2.11. The maximum absolute atomic E-state index is 13.2. The van der Waals surface area contributed by atoms with E-state index in [1.54, 1.807) is 19.1 Å². The molecule has 2 rings (SSSR count). The lowest BCUT2D eigenvalue weighted by atomic mass is 10.2. The SMILES string of the molecule is COc1cc(F)ccc1NC(=O)C(C)Oc1cc(C)ccc1Cl. The van der Waals surface area contributed by atoms with E-state index in [2.05, 4.69) is 5.32 Å². The van der Waals surface area contributed by atoms with Gasteiger partial charge in [0.25, 0.3) is 5.91 Å². The zero-order chi connectivity index (χ0) is 17.0. The minimum atomic E-state index is -0.788. The Labute approximate surface area is 139 Å². The Hall–Kier alpha value is -2.27. The van der Waals surface area contributed by atoms with E-state index in [-0.39, 0.29) is 5.75 Å². The largest absolute Gasteiger partial charge is 0.494 e. The number of halogens is 2. The topological polar surface area (TPSA) is 47.6 Å². The molecular weight excluding hydrogens is 321 g/mol. The highest BCUT2D eigenvalue weighted by Crippen LogP contribution is 2.28. The maximum atomic E-state index is 13.2. The summed E-state index contributed by atoms with van der Waals surface area (Å²) in [7, 11) is 1.40. The zero-order valence-electron chi connectivity index (χ0n) is 13.0. The first-order chi connectivity index (χ1) is 10.9. The van der Waals surface area contributed by atoms with Gasteiger partial charge in [-0.05, 0) is 43.7 Å². The first-order valence-electron chi connectivity index (χ1n) is 6.98. The third-order valence-electron chi connectivity index (χ3n) is 3.18. The van der Waals surface area contributed by atoms with Gasteiger partial charge in [0, 0.05) is 6.07 Å². The molecule has 0 radical (unpaired) electrons. The van der Waals surface area contributed by atoms with Crippen molar-refractivity contribution in [1.82, 2.24) is 0 Å². The second-order valence-electron chi connectivity index (χ2n) is 5.03. The van der Waals surface area contributed by atoms with E-state index in [4.69, 9.17) is 21.1 Å². The van der Waals surface area contributed by atoms with E-state index in [1.165, 1.54) is 25.3 Å². The predicted molar refractivity (Wildman–Crippen MR) is 87.9 cm³/mol. The van der Waals surface area contributed by atoms with Crippen LogP contribution in [0.5, 0.6) is 11.5 Å². The van der Waals surface area contributed by atoms with Crippen molar-refractivity contribution in [1.29, 1.82) is 0 Å². The smallest absolute Gasteiger partial charge is 0.265 e. The number of carbonyl (C=O) groups excluding carboxylic acids is 1. The van der Waals surface area contributed by atoms with Crippen LogP contribution in [0.4, 0.5) is 10.1 Å². The van der Waals surface area contributed by atoms with Crippen molar-refractivity contribution in [2.75, 3.05) is 12.4 Å². The second kappa shape index (κ2) is 7.33. The summed E-state index contributed by atoms with van der Waals surface area (Å²) in [6.45, 7) is 3.50. The van der Waals surface area contributed by atoms with Crippen LogP contribution in [0.25, 0.3) is 0 Å². The molecule has 2 aromatic rings. The third kappa shape index (κ3) is 4.36. The fourth-order valence-electron chi connectivity index (χ4n) is 1.95. The molecule has 0 heterocycles. The van der Waals surface area contributed by atoms with E-state index in [9.17, 15) is 9.18 Å². The van der Waals surface area contributed by atoms with Crippen LogP contribution in [0.2, 0.25) is 5.02 Å². The van der Waals surface area contributed by atoms with E-state index < -0.39 is 17.8 Å². The zero-order valence-corrected chi connectivity index (χ0v) is 13.8. The van der Waals surface area contributed by atoms with Gasteiger partial charge in [-0.3, -0.25) is 4.79 Å². The van der Waals surface area contributed by atoms with Crippen molar-refractivity contribution in [3.8, 4) is 11.5 Å². The molecule has 0 saturated carbocycles. The molecule has 0 aliphatic heterocycles. The lowest BCUT2D eigenvalue weighted by Gasteiger charge is -2.17. The maximum Gasteiger partial charge on any atom is 0.265 e. The third-order valence-corrected chi connectivity index (χ3v) is 3.49. The van der Waals surface area contributed by atoms with Crippen molar-refractivity contribution in [2.45, 2.75) is 20.0 Å². The molecule has 0 spiro atoms. The summed E-state index contributed by atoms with van der Waals surface area (Å²) in [4.78, 5) is 12.2. The molecule has 0 aliphatic carbocycles. The van der Waals surface area contributed by atoms with E-state index in [0.29, 0.717) is 16.5 Å². The lowest BCUT2D eigenvalue weighted by molar-refractivity contribution is -0.122. The molecule has 0 bridgehead atoms. The molecule has 1 atom stereocenters. The first kappa shape index (κ1) is 17.1. The molecule has 122 valence electrons. The van der Waals surface area contributed by atoms with Crippen LogP contribution in [0.15, 0.2) is 36.4 Å². The highest BCUT2D eigenvalue weighted by molar-refractivity contribution is 6.32. The average Bonchev–Trinajstić information content (AvgIpc) is 2.52. The van der Waals surface area contributed by atoms with Gasteiger partial charge < -0.3 is 14.8 Å². The van der Waals surface area contributed by atoms with Crippen LogP contribution in [0, 0.1) is 12.7 Å². The van der Waals surface area contributed by atoms with Gasteiger partial charge in [-0.25, -0.2) is 4.39 Å². The van der Waals surface area contributed by atoms with E-state index >= 15 is 0 Å². The number of hydrogen-bond acceptors (Lipinski definition) is 3. The van der Waals surface area contributed by atoms with E-state index in [0.717, 1.165) is 5.56 Å². The van der Waals surface area contributed by atoms with Crippen LogP contribution in [0.1, 0.15) is 12.5 Å². The monoisotopic (exact) mass is 337 g/mol. The van der Waals surface area contributed by atoms with Gasteiger partial charge in [-0.15, -0.1) is 0 Å². The molecule has 1 unspecified atom stereocenters. The van der Waals surface area contributed by atoms with Gasteiger partial charge in [0.05, 0.1) is 17.8 Å². The Morgan fingerprint density at radius 3 is 2.65 bits per heavy atom. The van der Waals surface area contributed by atoms with Crippen molar-refractivity contribution in [2.24, 2.45) is 0 Å². The number of ether oxygens (including phenoxy) is 2. The molecule has 1 amide bonds. The van der Waals surface area contributed by atoms with Gasteiger partial charge in [-0.1, -0.05) is 17.7 Å². The normalized spacial score (nSPS) is 11.7. The van der Waals surface area contributed by atoms with E-state index in [1.807, 2.05) is 13.0 Å². The number of methoxy groups -OCH3 is 1. The number of benzene rings is 2. The van der Waals surface area contributed by atoms with Gasteiger partial charge in [0.15, 0.2) is 6.10 Å². The molecule has 4 nitrogen and oxygen atoms in total. The average molecular weight is 338 g/mol. The van der Waals surface area contributed by atoms with Crippen molar-refractivity contribution >= 4 is 23.2 Å². The predicted octanol–water partition coefficient (Wildman–Crippen LogP) is 4.20. The van der Waals surface area contributed by atoms with Crippen LogP contribution in [0.3, 0.4) is 0 Å². The summed E-state index contributed by atoms with van der Waals surface area (Å²) in [6.07, 6.45) is -0.788. The molecule has 23 heavy (non-hydrogen) atoms. The number of anilines is 1. The number of carbonyl (C=O) groups is 1.